The first-order valence-corrected chi connectivity index (χ1v) is 7.86. The zero-order chi connectivity index (χ0) is 15.0. The van der Waals surface area contributed by atoms with Gasteiger partial charge in [-0.05, 0) is 26.7 Å². The van der Waals surface area contributed by atoms with Crippen molar-refractivity contribution in [3.05, 3.63) is 0 Å². The molecule has 112 valence electrons. The van der Waals surface area contributed by atoms with Crippen LogP contribution >= 0.6 is 0 Å². The van der Waals surface area contributed by atoms with Crippen LogP contribution in [0, 0.1) is 0 Å². The quantitative estimate of drug-likeness (QED) is 0.377. The van der Waals surface area contributed by atoms with Gasteiger partial charge in [-0.1, -0.05) is 13.8 Å². The van der Waals surface area contributed by atoms with Crippen LogP contribution in [-0.2, 0) is 29.2 Å². The van der Waals surface area contributed by atoms with Crippen LogP contribution < -0.4 is 0 Å². The van der Waals surface area contributed by atoms with Gasteiger partial charge < -0.3 is 9.11 Å². The summed E-state index contributed by atoms with van der Waals surface area (Å²) < 4.78 is 66.9. The first-order valence-electron chi connectivity index (χ1n) is 5.19. The van der Waals surface area contributed by atoms with Gasteiger partial charge in [0.15, 0.2) is 0 Å². The number of hydrogen-bond donors (Lipinski definition) is 0. The van der Waals surface area contributed by atoms with Crippen molar-refractivity contribution in [1.82, 2.24) is 0 Å². The van der Waals surface area contributed by atoms with Crippen molar-refractivity contribution in [2.75, 3.05) is 0 Å². The van der Waals surface area contributed by atoms with Gasteiger partial charge in [-0.25, -0.2) is 16.8 Å². The van der Waals surface area contributed by atoms with E-state index in [2.05, 4.69) is 8.37 Å². The summed E-state index contributed by atoms with van der Waals surface area (Å²) in [7, 11) is -8.97. The summed E-state index contributed by atoms with van der Waals surface area (Å²) in [5, 5.41) is 0. The maximum absolute atomic E-state index is 9.82. The van der Waals surface area contributed by atoms with Crippen LogP contribution in [0.3, 0.4) is 0 Å². The Kier molecular flexibility index (Phi) is 15.3. The molecule has 0 aliphatic rings. The summed E-state index contributed by atoms with van der Waals surface area (Å²) in [6, 6.07) is 0. The molecule has 2 atom stereocenters. The SMILES string of the molecule is CCC(C)OS(=O)(=O)[O-].CCC(C)OS(=O)(=O)[O-].[Ca+2]. The molecule has 0 amide bonds. The van der Waals surface area contributed by atoms with E-state index in [1.54, 1.807) is 13.8 Å². The van der Waals surface area contributed by atoms with E-state index in [1.165, 1.54) is 13.8 Å². The second-order valence-corrected chi connectivity index (χ2v) is 5.46. The summed E-state index contributed by atoms with van der Waals surface area (Å²) in [6.45, 7) is 6.51. The summed E-state index contributed by atoms with van der Waals surface area (Å²) in [4.78, 5) is 0. The summed E-state index contributed by atoms with van der Waals surface area (Å²) in [5.74, 6) is 0. The molecule has 0 spiro atoms. The Morgan fingerprint density at radius 1 is 0.842 bits per heavy atom. The minimum absolute atomic E-state index is 0. The third-order valence-corrected chi connectivity index (χ3v) is 2.84. The van der Waals surface area contributed by atoms with E-state index in [1.807, 2.05) is 0 Å². The Balaban J connectivity index is -0.000000256. The Labute approximate surface area is 144 Å². The van der Waals surface area contributed by atoms with Crippen LogP contribution in [0.25, 0.3) is 0 Å². The summed E-state index contributed by atoms with van der Waals surface area (Å²) in [6.07, 6.45) is 0.0168. The van der Waals surface area contributed by atoms with Crippen molar-refractivity contribution in [1.29, 1.82) is 0 Å². The zero-order valence-electron chi connectivity index (χ0n) is 11.4. The molecule has 8 nitrogen and oxygen atoms in total. The third-order valence-electron chi connectivity index (χ3n) is 1.71. The van der Waals surface area contributed by atoms with Crippen molar-refractivity contribution in [3.8, 4) is 0 Å². The zero-order valence-corrected chi connectivity index (χ0v) is 15.2. The van der Waals surface area contributed by atoms with Gasteiger partial charge in [-0.2, -0.15) is 0 Å². The summed E-state index contributed by atoms with van der Waals surface area (Å²) in [5.41, 5.74) is 0. The van der Waals surface area contributed by atoms with E-state index in [-0.39, 0.29) is 37.7 Å². The van der Waals surface area contributed by atoms with Gasteiger partial charge in [0.1, 0.15) is 0 Å². The second kappa shape index (κ2) is 11.6. The van der Waals surface area contributed by atoms with Crippen LogP contribution in [0.1, 0.15) is 40.5 Å². The first kappa shape index (κ1) is 25.0. The fourth-order valence-corrected chi connectivity index (χ4v) is 1.62. The normalized spacial score (nSPS) is 14.6. The van der Waals surface area contributed by atoms with Crippen molar-refractivity contribution in [3.63, 3.8) is 0 Å². The Morgan fingerprint density at radius 2 is 1.05 bits per heavy atom. The molecule has 0 aromatic rings. The molecule has 11 heteroatoms. The second-order valence-electron chi connectivity index (χ2n) is 3.45. The van der Waals surface area contributed by atoms with Gasteiger partial charge in [-0.15, -0.1) is 0 Å². The van der Waals surface area contributed by atoms with Crippen LogP contribution in [0.15, 0.2) is 0 Å². The average Bonchev–Trinajstić information content (AvgIpc) is 2.13. The molecule has 0 bridgehead atoms. The minimum atomic E-state index is -4.49. The van der Waals surface area contributed by atoms with Crippen LogP contribution in [0.5, 0.6) is 0 Å². The molecule has 0 aromatic heterocycles. The number of hydrogen-bond acceptors (Lipinski definition) is 8. The van der Waals surface area contributed by atoms with Gasteiger partial charge in [-0.3, -0.25) is 8.37 Å². The molecule has 0 radical (unpaired) electrons. The molecule has 0 aliphatic carbocycles. The maximum atomic E-state index is 9.82. The largest absolute Gasteiger partial charge is 2.00 e. The molecule has 0 N–H and O–H groups in total. The monoisotopic (exact) mass is 346 g/mol. The standard InChI is InChI=1S/2C4H10O4S.Ca/c2*1-3-4(2)8-9(5,6)7;/h2*4H,3H2,1-2H3,(H,5,6,7);/q;;+2/p-2. The average molecular weight is 346 g/mol. The predicted molar refractivity (Wildman–Crippen MR) is 66.8 cm³/mol. The number of rotatable bonds is 6. The van der Waals surface area contributed by atoms with Crippen molar-refractivity contribution >= 4 is 58.5 Å². The van der Waals surface area contributed by atoms with Gasteiger partial charge in [0.2, 0.25) is 20.8 Å². The van der Waals surface area contributed by atoms with E-state index < -0.39 is 33.0 Å². The van der Waals surface area contributed by atoms with Gasteiger partial charge in [0.25, 0.3) is 0 Å². The first-order chi connectivity index (χ1) is 7.91. The molecular weight excluding hydrogens is 328 g/mol. The smallest absolute Gasteiger partial charge is 0.726 e. The van der Waals surface area contributed by atoms with E-state index in [9.17, 15) is 25.9 Å². The van der Waals surface area contributed by atoms with Gasteiger partial charge in [0, 0.05) is 0 Å². The van der Waals surface area contributed by atoms with Crippen molar-refractivity contribution < 1.29 is 34.3 Å². The molecule has 0 aliphatic heterocycles. The molecule has 0 rings (SSSR count). The van der Waals surface area contributed by atoms with Crippen LogP contribution in [0.4, 0.5) is 0 Å². The Morgan fingerprint density at radius 3 is 1.11 bits per heavy atom. The van der Waals surface area contributed by atoms with Gasteiger partial charge in [0.05, 0.1) is 12.2 Å². The van der Waals surface area contributed by atoms with E-state index in [4.69, 9.17) is 0 Å². The topological polar surface area (TPSA) is 133 Å². The minimum Gasteiger partial charge on any atom is -0.726 e. The fraction of sp³-hybridized carbons (Fsp3) is 1.00. The van der Waals surface area contributed by atoms with Gasteiger partial charge >= 0.3 is 37.7 Å². The molecule has 0 saturated carbocycles. The maximum Gasteiger partial charge on any atom is 2.00 e. The van der Waals surface area contributed by atoms with Crippen LogP contribution in [0.2, 0.25) is 0 Å². The van der Waals surface area contributed by atoms with Crippen molar-refractivity contribution in [2.24, 2.45) is 0 Å². The van der Waals surface area contributed by atoms with Crippen LogP contribution in [-0.4, -0.2) is 75.9 Å². The van der Waals surface area contributed by atoms with E-state index in [0.29, 0.717) is 12.8 Å². The van der Waals surface area contributed by atoms with E-state index >= 15 is 0 Å². The molecule has 0 heterocycles. The van der Waals surface area contributed by atoms with E-state index in [0.717, 1.165) is 0 Å². The molecule has 0 aromatic carbocycles. The van der Waals surface area contributed by atoms with Crippen molar-refractivity contribution in [2.45, 2.75) is 52.7 Å². The summed E-state index contributed by atoms with van der Waals surface area (Å²) >= 11 is 0. The Bertz CT molecular complexity index is 364. The molecule has 0 saturated heterocycles. The Hall–Kier alpha value is 1.000. The molecular formula is C8H18CaO8S2. The molecule has 19 heavy (non-hydrogen) atoms. The predicted octanol–water partition coefficient (Wildman–Crippen LogP) is 0.143. The molecule has 2 unspecified atom stereocenters. The molecule has 0 fully saturated rings. The fourth-order valence-electron chi connectivity index (χ4n) is 0.538. The third kappa shape index (κ3) is 24.4.